The second-order valence-electron chi connectivity index (χ2n) is 6.25. The maximum Gasteiger partial charge on any atom is 0.0705 e. The summed E-state index contributed by atoms with van der Waals surface area (Å²) in [5.74, 6) is 0.783. The van der Waals surface area contributed by atoms with Crippen LogP contribution in [0.1, 0.15) is 58.1 Å². The molecule has 21 heavy (non-hydrogen) atoms. The van der Waals surface area contributed by atoms with Gasteiger partial charge in [0.05, 0.1) is 5.52 Å². The first-order valence-corrected chi connectivity index (χ1v) is 8.29. The van der Waals surface area contributed by atoms with Gasteiger partial charge < -0.3 is 5.32 Å². The van der Waals surface area contributed by atoms with Crippen molar-refractivity contribution in [3.05, 3.63) is 42.1 Å². The van der Waals surface area contributed by atoms with Crippen LogP contribution in [0.5, 0.6) is 0 Å². The number of rotatable bonds is 8. The summed E-state index contributed by atoms with van der Waals surface area (Å²) in [5, 5.41) is 5.01. The Morgan fingerprint density at radius 2 is 1.95 bits per heavy atom. The molecule has 2 rings (SSSR count). The molecule has 0 saturated heterocycles. The smallest absolute Gasteiger partial charge is 0.0705 e. The molecule has 1 unspecified atom stereocenters. The summed E-state index contributed by atoms with van der Waals surface area (Å²) in [6.07, 6.45) is 6.82. The minimum atomic E-state index is 0.441. The summed E-state index contributed by atoms with van der Waals surface area (Å²) in [6, 6.07) is 11.2. The molecule has 1 aromatic heterocycles. The van der Waals surface area contributed by atoms with Crippen LogP contribution in [-0.4, -0.2) is 11.5 Å². The highest BCUT2D eigenvalue weighted by atomic mass is 14.9. The molecule has 0 aliphatic rings. The number of nitrogens with zero attached hydrogens (tertiary/aromatic N) is 1. The van der Waals surface area contributed by atoms with Gasteiger partial charge in [-0.25, -0.2) is 0 Å². The van der Waals surface area contributed by atoms with Crippen molar-refractivity contribution < 1.29 is 0 Å². The van der Waals surface area contributed by atoms with Gasteiger partial charge in [0.2, 0.25) is 0 Å². The van der Waals surface area contributed by atoms with Crippen LogP contribution < -0.4 is 5.32 Å². The highest BCUT2D eigenvalue weighted by Crippen LogP contribution is 2.27. The lowest BCUT2D eigenvalue weighted by Gasteiger charge is -2.21. The molecular weight excluding hydrogens is 256 g/mol. The maximum absolute atomic E-state index is 4.49. The molecule has 1 heterocycles. The summed E-state index contributed by atoms with van der Waals surface area (Å²) in [5.41, 5.74) is 2.50. The van der Waals surface area contributed by atoms with E-state index in [0.29, 0.717) is 6.04 Å². The number of aromatic nitrogens is 1. The highest BCUT2D eigenvalue weighted by Gasteiger charge is 2.13. The fourth-order valence-corrected chi connectivity index (χ4v) is 2.85. The molecule has 114 valence electrons. The van der Waals surface area contributed by atoms with Gasteiger partial charge in [-0.1, -0.05) is 51.8 Å². The van der Waals surface area contributed by atoms with E-state index in [2.05, 4.69) is 55.3 Å². The minimum absolute atomic E-state index is 0.441. The van der Waals surface area contributed by atoms with Crippen LogP contribution >= 0.6 is 0 Å². The summed E-state index contributed by atoms with van der Waals surface area (Å²) in [4.78, 5) is 4.49. The highest BCUT2D eigenvalue weighted by molar-refractivity contribution is 5.82. The first kappa shape index (κ1) is 16.0. The van der Waals surface area contributed by atoms with E-state index in [9.17, 15) is 0 Å². The van der Waals surface area contributed by atoms with Gasteiger partial charge in [0, 0.05) is 17.6 Å². The lowest BCUT2D eigenvalue weighted by Crippen LogP contribution is -2.22. The average Bonchev–Trinajstić information content (AvgIpc) is 2.50. The van der Waals surface area contributed by atoms with Crippen LogP contribution in [0, 0.1) is 5.92 Å². The molecule has 2 aromatic rings. The zero-order valence-corrected chi connectivity index (χ0v) is 13.6. The van der Waals surface area contributed by atoms with Gasteiger partial charge >= 0.3 is 0 Å². The van der Waals surface area contributed by atoms with E-state index in [1.54, 1.807) is 0 Å². The first-order valence-electron chi connectivity index (χ1n) is 8.29. The average molecular weight is 284 g/mol. The third-order valence-electron chi connectivity index (χ3n) is 3.97. The second-order valence-corrected chi connectivity index (χ2v) is 6.25. The Morgan fingerprint density at radius 3 is 2.71 bits per heavy atom. The maximum atomic E-state index is 4.49. The number of nitrogens with one attached hydrogen (secondary N) is 1. The Kier molecular flexibility index (Phi) is 6.19. The largest absolute Gasteiger partial charge is 0.310 e. The molecule has 0 spiro atoms. The van der Waals surface area contributed by atoms with Gasteiger partial charge in [0.1, 0.15) is 0 Å². The van der Waals surface area contributed by atoms with Crippen molar-refractivity contribution in [2.45, 2.75) is 52.5 Å². The van der Waals surface area contributed by atoms with Crippen LogP contribution in [0.2, 0.25) is 0 Å². The van der Waals surface area contributed by atoms with Crippen molar-refractivity contribution in [2.75, 3.05) is 6.54 Å². The van der Waals surface area contributed by atoms with Crippen molar-refractivity contribution in [1.29, 1.82) is 0 Å². The normalized spacial score (nSPS) is 13.0. The Labute approximate surface area is 129 Å². The van der Waals surface area contributed by atoms with Crippen LogP contribution in [0.25, 0.3) is 10.9 Å². The number of benzene rings is 1. The molecule has 0 fully saturated rings. The van der Waals surface area contributed by atoms with E-state index in [1.165, 1.54) is 36.6 Å². The summed E-state index contributed by atoms with van der Waals surface area (Å²) in [7, 11) is 0. The standard InChI is InChI=1S/C19H28N2/c1-4-13-20-18(11-5-8-15(2)3)16-9-6-12-19-17(16)10-7-14-21-19/h6-7,9-10,12,14-15,18,20H,4-5,8,11,13H2,1-3H3. The van der Waals surface area contributed by atoms with E-state index in [-0.39, 0.29) is 0 Å². The molecule has 1 atom stereocenters. The van der Waals surface area contributed by atoms with E-state index >= 15 is 0 Å². The third-order valence-corrected chi connectivity index (χ3v) is 3.97. The fraction of sp³-hybridized carbons (Fsp3) is 0.526. The Bertz CT molecular complexity index is 543. The van der Waals surface area contributed by atoms with Crippen molar-refractivity contribution in [1.82, 2.24) is 10.3 Å². The fourth-order valence-electron chi connectivity index (χ4n) is 2.85. The number of pyridine rings is 1. The SMILES string of the molecule is CCCNC(CCCC(C)C)c1cccc2ncccc12. The summed E-state index contributed by atoms with van der Waals surface area (Å²) >= 11 is 0. The zero-order chi connectivity index (χ0) is 15.1. The van der Waals surface area contributed by atoms with Crippen LogP contribution in [0.3, 0.4) is 0 Å². The molecule has 2 heteroatoms. The molecule has 0 saturated carbocycles. The Balaban J connectivity index is 2.20. The molecule has 2 nitrogen and oxygen atoms in total. The van der Waals surface area contributed by atoms with Gasteiger partial charge in [-0.3, -0.25) is 4.98 Å². The van der Waals surface area contributed by atoms with Crippen LogP contribution in [0.15, 0.2) is 36.5 Å². The van der Waals surface area contributed by atoms with Crippen molar-refractivity contribution in [3.63, 3.8) is 0 Å². The minimum Gasteiger partial charge on any atom is -0.310 e. The number of fused-ring (bicyclic) bond motifs is 1. The molecular formula is C19H28N2. The molecule has 0 amide bonds. The van der Waals surface area contributed by atoms with Gasteiger partial charge in [-0.15, -0.1) is 0 Å². The third kappa shape index (κ3) is 4.53. The van der Waals surface area contributed by atoms with Crippen molar-refractivity contribution in [3.8, 4) is 0 Å². The quantitative estimate of drug-likeness (QED) is 0.729. The van der Waals surface area contributed by atoms with Crippen LogP contribution in [-0.2, 0) is 0 Å². The first-order chi connectivity index (χ1) is 10.2. The van der Waals surface area contributed by atoms with Gasteiger partial charge in [0.15, 0.2) is 0 Å². The lowest BCUT2D eigenvalue weighted by atomic mass is 9.95. The van der Waals surface area contributed by atoms with Crippen LogP contribution in [0.4, 0.5) is 0 Å². The van der Waals surface area contributed by atoms with E-state index in [0.717, 1.165) is 18.0 Å². The van der Waals surface area contributed by atoms with E-state index < -0.39 is 0 Å². The van der Waals surface area contributed by atoms with Gasteiger partial charge in [0.25, 0.3) is 0 Å². The Morgan fingerprint density at radius 1 is 1.10 bits per heavy atom. The molecule has 0 radical (unpaired) electrons. The molecule has 1 aromatic carbocycles. The molecule has 0 aliphatic carbocycles. The second kappa shape index (κ2) is 8.14. The van der Waals surface area contributed by atoms with Crippen molar-refractivity contribution >= 4 is 10.9 Å². The number of hydrogen-bond acceptors (Lipinski definition) is 2. The molecule has 0 bridgehead atoms. The van der Waals surface area contributed by atoms with Gasteiger partial charge in [-0.05, 0) is 43.0 Å². The predicted octanol–water partition coefficient (Wildman–Crippen LogP) is 5.10. The van der Waals surface area contributed by atoms with Gasteiger partial charge in [-0.2, -0.15) is 0 Å². The summed E-state index contributed by atoms with van der Waals surface area (Å²) in [6.45, 7) is 7.90. The monoisotopic (exact) mass is 284 g/mol. The molecule has 0 aliphatic heterocycles. The predicted molar refractivity (Wildman–Crippen MR) is 91.5 cm³/mol. The van der Waals surface area contributed by atoms with Crippen molar-refractivity contribution in [2.24, 2.45) is 5.92 Å². The number of hydrogen-bond donors (Lipinski definition) is 1. The lowest BCUT2D eigenvalue weighted by molar-refractivity contribution is 0.449. The topological polar surface area (TPSA) is 24.9 Å². The Hall–Kier alpha value is -1.41. The molecule has 1 N–H and O–H groups in total. The van der Waals surface area contributed by atoms with E-state index in [1.807, 2.05) is 12.3 Å². The van der Waals surface area contributed by atoms with E-state index in [4.69, 9.17) is 0 Å². The zero-order valence-electron chi connectivity index (χ0n) is 13.6. The summed E-state index contributed by atoms with van der Waals surface area (Å²) < 4.78 is 0.